The maximum absolute atomic E-state index is 13.3. The van der Waals surface area contributed by atoms with Gasteiger partial charge in [0.1, 0.15) is 11.9 Å². The Balaban J connectivity index is 1.72. The number of nitrogens with zero attached hydrogens (tertiary/aromatic N) is 2. The van der Waals surface area contributed by atoms with Gasteiger partial charge in [-0.15, -0.1) is 0 Å². The highest BCUT2D eigenvalue weighted by Gasteiger charge is 2.23. The van der Waals surface area contributed by atoms with Crippen LogP contribution in [0.5, 0.6) is 0 Å². The first-order chi connectivity index (χ1) is 13.0. The lowest BCUT2D eigenvalue weighted by Gasteiger charge is -2.16. The molecule has 0 bridgehead atoms. The Morgan fingerprint density at radius 2 is 1.93 bits per heavy atom. The lowest BCUT2D eigenvalue weighted by atomic mass is 10.1. The SMILES string of the molecule is COC(=O)[C@@H](Cc1cnc2ccccc2n1)NC(=O)Cc1cccc(F)c1. The van der Waals surface area contributed by atoms with Crippen molar-refractivity contribution in [2.24, 2.45) is 0 Å². The van der Waals surface area contributed by atoms with Gasteiger partial charge in [0.05, 0.1) is 30.3 Å². The zero-order valence-electron chi connectivity index (χ0n) is 14.7. The van der Waals surface area contributed by atoms with Crippen molar-refractivity contribution in [3.63, 3.8) is 0 Å². The summed E-state index contributed by atoms with van der Waals surface area (Å²) in [5, 5.41) is 2.63. The lowest BCUT2D eigenvalue weighted by molar-refractivity contribution is -0.145. The number of rotatable bonds is 6. The number of nitrogens with one attached hydrogen (secondary N) is 1. The molecule has 138 valence electrons. The highest BCUT2D eigenvalue weighted by Crippen LogP contribution is 2.11. The standard InChI is InChI=1S/C20H18FN3O3/c1-27-20(26)18(24-19(25)10-13-5-4-6-14(21)9-13)11-15-12-22-16-7-2-3-8-17(16)23-15/h2-9,12,18H,10-11H2,1H3,(H,24,25)/t18-/m1/s1. The lowest BCUT2D eigenvalue weighted by Crippen LogP contribution is -2.43. The van der Waals surface area contributed by atoms with Crippen LogP contribution in [0.4, 0.5) is 4.39 Å². The van der Waals surface area contributed by atoms with E-state index in [-0.39, 0.29) is 12.8 Å². The molecular formula is C20H18FN3O3. The van der Waals surface area contributed by atoms with Gasteiger partial charge in [0.2, 0.25) is 5.91 Å². The summed E-state index contributed by atoms with van der Waals surface area (Å²) >= 11 is 0. The average molecular weight is 367 g/mol. The van der Waals surface area contributed by atoms with Crippen molar-refractivity contribution in [2.45, 2.75) is 18.9 Å². The first kappa shape index (κ1) is 18.4. The zero-order chi connectivity index (χ0) is 19.2. The summed E-state index contributed by atoms with van der Waals surface area (Å²) in [6.07, 6.45) is 1.66. The summed E-state index contributed by atoms with van der Waals surface area (Å²) in [7, 11) is 1.25. The molecular weight excluding hydrogens is 349 g/mol. The van der Waals surface area contributed by atoms with Crippen LogP contribution in [0.2, 0.25) is 0 Å². The molecule has 1 N–H and O–H groups in total. The third-order valence-electron chi connectivity index (χ3n) is 3.99. The number of methoxy groups -OCH3 is 1. The van der Waals surface area contributed by atoms with E-state index in [1.807, 2.05) is 24.3 Å². The van der Waals surface area contributed by atoms with Crippen molar-refractivity contribution in [3.8, 4) is 0 Å². The van der Waals surface area contributed by atoms with Crippen molar-refractivity contribution in [1.29, 1.82) is 0 Å². The van der Waals surface area contributed by atoms with E-state index in [0.717, 1.165) is 5.52 Å². The maximum Gasteiger partial charge on any atom is 0.328 e. The van der Waals surface area contributed by atoms with E-state index < -0.39 is 23.7 Å². The van der Waals surface area contributed by atoms with Crippen LogP contribution in [0.15, 0.2) is 54.7 Å². The Labute approximate surface area is 155 Å². The molecule has 0 fully saturated rings. The van der Waals surface area contributed by atoms with Crippen molar-refractivity contribution < 1.29 is 18.7 Å². The molecule has 3 aromatic rings. The van der Waals surface area contributed by atoms with Crippen LogP contribution in [0.1, 0.15) is 11.3 Å². The maximum atomic E-state index is 13.3. The van der Waals surface area contributed by atoms with Crippen LogP contribution in [0, 0.1) is 5.82 Å². The van der Waals surface area contributed by atoms with Crippen LogP contribution in [-0.4, -0.2) is 35.0 Å². The molecule has 0 aliphatic rings. The monoisotopic (exact) mass is 367 g/mol. The van der Waals surface area contributed by atoms with E-state index in [1.54, 1.807) is 12.3 Å². The number of hydrogen-bond donors (Lipinski definition) is 1. The zero-order valence-corrected chi connectivity index (χ0v) is 14.7. The molecule has 0 unspecified atom stereocenters. The molecule has 6 nitrogen and oxygen atoms in total. The first-order valence-corrected chi connectivity index (χ1v) is 8.37. The minimum Gasteiger partial charge on any atom is -0.467 e. The van der Waals surface area contributed by atoms with Gasteiger partial charge in [-0.3, -0.25) is 9.78 Å². The number of hydrogen-bond acceptors (Lipinski definition) is 5. The summed E-state index contributed by atoms with van der Waals surface area (Å²) in [6.45, 7) is 0. The van der Waals surface area contributed by atoms with Gasteiger partial charge in [0.15, 0.2) is 0 Å². The summed E-state index contributed by atoms with van der Waals surface area (Å²) in [6, 6.07) is 12.2. The molecule has 0 aliphatic carbocycles. The fourth-order valence-electron chi connectivity index (χ4n) is 2.72. The molecule has 1 atom stereocenters. The molecule has 0 saturated heterocycles. The van der Waals surface area contributed by atoms with Crippen molar-refractivity contribution in [2.75, 3.05) is 7.11 Å². The molecule has 0 spiro atoms. The Hall–Kier alpha value is -3.35. The topological polar surface area (TPSA) is 81.2 Å². The molecule has 2 aromatic carbocycles. The summed E-state index contributed by atoms with van der Waals surface area (Å²) in [5.74, 6) is -1.42. The van der Waals surface area contributed by atoms with Crippen molar-refractivity contribution >= 4 is 22.9 Å². The Morgan fingerprint density at radius 1 is 1.15 bits per heavy atom. The third-order valence-corrected chi connectivity index (χ3v) is 3.99. The second kappa shape index (κ2) is 8.35. The van der Waals surface area contributed by atoms with E-state index in [1.165, 1.54) is 25.3 Å². The fourth-order valence-corrected chi connectivity index (χ4v) is 2.72. The Morgan fingerprint density at radius 3 is 2.67 bits per heavy atom. The quantitative estimate of drug-likeness (QED) is 0.676. The molecule has 0 aliphatic heterocycles. The normalized spacial score (nSPS) is 11.8. The van der Waals surface area contributed by atoms with Crippen LogP contribution in [0.25, 0.3) is 11.0 Å². The molecule has 1 heterocycles. The van der Waals surface area contributed by atoms with E-state index >= 15 is 0 Å². The predicted octanol–water partition coefficient (Wildman–Crippen LogP) is 2.21. The Bertz CT molecular complexity index is 977. The molecule has 7 heteroatoms. The van der Waals surface area contributed by atoms with Gasteiger partial charge >= 0.3 is 5.97 Å². The van der Waals surface area contributed by atoms with Gasteiger partial charge in [-0.05, 0) is 29.8 Å². The minimum atomic E-state index is -0.911. The van der Waals surface area contributed by atoms with E-state index in [0.29, 0.717) is 16.8 Å². The predicted molar refractivity (Wildman–Crippen MR) is 97.3 cm³/mol. The van der Waals surface area contributed by atoms with Gasteiger partial charge in [0, 0.05) is 12.6 Å². The van der Waals surface area contributed by atoms with Crippen LogP contribution in [-0.2, 0) is 27.2 Å². The number of fused-ring (bicyclic) bond motifs is 1. The second-order valence-corrected chi connectivity index (χ2v) is 6.00. The largest absolute Gasteiger partial charge is 0.467 e. The molecule has 3 rings (SSSR count). The van der Waals surface area contributed by atoms with Crippen LogP contribution >= 0.6 is 0 Å². The highest BCUT2D eigenvalue weighted by atomic mass is 19.1. The van der Waals surface area contributed by atoms with Gasteiger partial charge in [-0.25, -0.2) is 14.2 Å². The van der Waals surface area contributed by atoms with Gasteiger partial charge in [-0.1, -0.05) is 24.3 Å². The molecule has 0 saturated carbocycles. The number of carbonyl (C=O) groups is 2. The molecule has 0 radical (unpaired) electrons. The number of ether oxygens (including phenoxy) is 1. The molecule has 1 aromatic heterocycles. The number of aromatic nitrogens is 2. The second-order valence-electron chi connectivity index (χ2n) is 6.00. The van der Waals surface area contributed by atoms with Crippen molar-refractivity contribution in [3.05, 3.63) is 71.8 Å². The first-order valence-electron chi connectivity index (χ1n) is 8.37. The number of halogens is 1. The van der Waals surface area contributed by atoms with E-state index in [9.17, 15) is 14.0 Å². The summed E-state index contributed by atoms with van der Waals surface area (Å²) < 4.78 is 18.0. The van der Waals surface area contributed by atoms with E-state index in [4.69, 9.17) is 4.74 Å². The number of carbonyl (C=O) groups excluding carboxylic acids is 2. The number of benzene rings is 2. The summed E-state index contributed by atoms with van der Waals surface area (Å²) in [5.41, 5.74) is 2.51. The Kier molecular flexibility index (Phi) is 5.71. The summed E-state index contributed by atoms with van der Waals surface area (Å²) in [4.78, 5) is 33.1. The van der Waals surface area contributed by atoms with Gasteiger partial charge in [-0.2, -0.15) is 0 Å². The number of amides is 1. The third kappa shape index (κ3) is 4.84. The van der Waals surface area contributed by atoms with Gasteiger partial charge < -0.3 is 10.1 Å². The molecule has 1 amide bonds. The van der Waals surface area contributed by atoms with Crippen molar-refractivity contribution in [1.82, 2.24) is 15.3 Å². The van der Waals surface area contributed by atoms with Crippen LogP contribution in [0.3, 0.4) is 0 Å². The minimum absolute atomic E-state index is 0.0470. The number of esters is 1. The van der Waals surface area contributed by atoms with Gasteiger partial charge in [0.25, 0.3) is 0 Å². The number of para-hydroxylation sites is 2. The van der Waals surface area contributed by atoms with E-state index in [2.05, 4.69) is 15.3 Å². The highest BCUT2D eigenvalue weighted by molar-refractivity contribution is 5.85. The van der Waals surface area contributed by atoms with Crippen LogP contribution < -0.4 is 5.32 Å². The molecule has 27 heavy (non-hydrogen) atoms. The average Bonchev–Trinajstić information content (AvgIpc) is 2.66. The fraction of sp³-hybridized carbons (Fsp3) is 0.200. The smallest absolute Gasteiger partial charge is 0.328 e.